The van der Waals surface area contributed by atoms with E-state index < -0.39 is 0 Å². The second-order valence-corrected chi connectivity index (χ2v) is 7.49. The van der Waals surface area contributed by atoms with Gasteiger partial charge >= 0.3 is 0 Å². The Morgan fingerprint density at radius 3 is 3.00 bits per heavy atom. The van der Waals surface area contributed by atoms with Crippen LogP contribution in [0.15, 0.2) is 23.2 Å². The normalized spacial score (nSPS) is 17.3. The van der Waals surface area contributed by atoms with Crippen LogP contribution in [0.4, 0.5) is 4.39 Å². The average Bonchev–Trinajstić information content (AvgIpc) is 3.17. The monoisotopic (exact) mass is 397 g/mol. The molecule has 1 saturated heterocycles. The molecule has 1 heterocycles. The van der Waals surface area contributed by atoms with Crippen molar-refractivity contribution in [2.24, 2.45) is 10.9 Å². The van der Waals surface area contributed by atoms with Gasteiger partial charge in [0.15, 0.2) is 5.96 Å². The van der Waals surface area contributed by atoms with Gasteiger partial charge in [0.2, 0.25) is 0 Å². The van der Waals surface area contributed by atoms with Crippen LogP contribution in [-0.2, 0) is 21.8 Å². The molecule has 152 valence electrons. The number of nitrogens with zero attached hydrogens (tertiary/aromatic N) is 1. The Hall–Kier alpha value is -1.31. The van der Waals surface area contributed by atoms with Crippen molar-refractivity contribution in [2.45, 2.75) is 32.1 Å². The van der Waals surface area contributed by atoms with Crippen molar-refractivity contribution in [3.8, 4) is 0 Å². The van der Waals surface area contributed by atoms with E-state index in [1.54, 1.807) is 17.8 Å². The molecule has 1 aromatic rings. The van der Waals surface area contributed by atoms with Crippen LogP contribution in [0.1, 0.15) is 30.9 Å². The molecule has 0 bridgehead atoms. The summed E-state index contributed by atoms with van der Waals surface area (Å²) in [6, 6.07) is 4.94. The maximum absolute atomic E-state index is 13.5. The number of benzene rings is 1. The van der Waals surface area contributed by atoms with Gasteiger partial charge in [-0.25, -0.2) is 9.38 Å². The van der Waals surface area contributed by atoms with Crippen molar-refractivity contribution in [1.29, 1.82) is 0 Å². The second kappa shape index (κ2) is 13.0. The van der Waals surface area contributed by atoms with E-state index in [-0.39, 0.29) is 5.82 Å². The summed E-state index contributed by atoms with van der Waals surface area (Å²) in [4.78, 5) is 4.64. The fourth-order valence-corrected chi connectivity index (χ4v) is 3.47. The summed E-state index contributed by atoms with van der Waals surface area (Å²) < 4.78 is 24.5. The fraction of sp³-hybridized carbons (Fsp3) is 0.650. The van der Waals surface area contributed by atoms with Crippen molar-refractivity contribution >= 4 is 17.7 Å². The van der Waals surface area contributed by atoms with E-state index in [2.05, 4.69) is 15.6 Å². The molecule has 0 aromatic heterocycles. The first kappa shape index (κ1) is 22.0. The third-order valence-electron chi connectivity index (χ3n) is 4.36. The molecule has 7 heteroatoms. The molecule has 0 amide bonds. The summed E-state index contributed by atoms with van der Waals surface area (Å²) >= 11 is 1.68. The summed E-state index contributed by atoms with van der Waals surface area (Å²) in [6.45, 7) is 7.39. The average molecular weight is 398 g/mol. The molecule has 0 aliphatic carbocycles. The van der Waals surface area contributed by atoms with Gasteiger partial charge in [-0.1, -0.05) is 6.07 Å². The van der Waals surface area contributed by atoms with Gasteiger partial charge in [-0.05, 0) is 49.3 Å². The van der Waals surface area contributed by atoms with E-state index in [0.29, 0.717) is 12.5 Å². The minimum Gasteiger partial charge on any atom is -0.381 e. The topological polar surface area (TPSA) is 54.9 Å². The standard InChI is InChI=1S/C20H32FN3O2S/c1-3-22-20(23-8-4-9-25-13-16-7-10-26-14-16)24-12-17-5-6-19(21)11-18(17)15-27-2/h5-6,11,16H,3-4,7-10,12-15H2,1-2H3,(H2,22,23,24). The van der Waals surface area contributed by atoms with Crippen molar-refractivity contribution < 1.29 is 13.9 Å². The van der Waals surface area contributed by atoms with Crippen molar-refractivity contribution in [2.75, 3.05) is 45.8 Å². The van der Waals surface area contributed by atoms with E-state index in [0.717, 1.165) is 75.2 Å². The van der Waals surface area contributed by atoms with Gasteiger partial charge in [0.05, 0.1) is 19.8 Å². The Morgan fingerprint density at radius 2 is 2.26 bits per heavy atom. The quantitative estimate of drug-likeness (QED) is 0.341. The molecule has 2 N–H and O–H groups in total. The smallest absolute Gasteiger partial charge is 0.191 e. The summed E-state index contributed by atoms with van der Waals surface area (Å²) in [5.41, 5.74) is 2.07. The molecule has 0 radical (unpaired) electrons. The molecule has 0 saturated carbocycles. The Labute approximate surface area is 166 Å². The van der Waals surface area contributed by atoms with E-state index >= 15 is 0 Å². The zero-order chi connectivity index (χ0) is 19.3. The largest absolute Gasteiger partial charge is 0.381 e. The minimum absolute atomic E-state index is 0.194. The van der Waals surface area contributed by atoms with E-state index in [1.165, 1.54) is 6.07 Å². The van der Waals surface area contributed by atoms with Crippen LogP contribution in [0.5, 0.6) is 0 Å². The zero-order valence-corrected chi connectivity index (χ0v) is 17.2. The van der Waals surface area contributed by atoms with Crippen LogP contribution in [0.3, 0.4) is 0 Å². The summed E-state index contributed by atoms with van der Waals surface area (Å²) in [5, 5.41) is 6.59. The third kappa shape index (κ3) is 8.49. The number of nitrogens with one attached hydrogen (secondary N) is 2. The molecule has 5 nitrogen and oxygen atoms in total. The molecule has 0 spiro atoms. The minimum atomic E-state index is -0.194. The lowest BCUT2D eigenvalue weighted by Gasteiger charge is -2.13. The van der Waals surface area contributed by atoms with Crippen molar-refractivity contribution in [3.05, 3.63) is 35.1 Å². The van der Waals surface area contributed by atoms with Crippen LogP contribution in [-0.4, -0.2) is 51.7 Å². The van der Waals surface area contributed by atoms with Crippen molar-refractivity contribution in [1.82, 2.24) is 10.6 Å². The molecule has 2 rings (SSSR count). The molecule has 1 aromatic carbocycles. The molecule has 1 unspecified atom stereocenters. The number of thioether (sulfide) groups is 1. The maximum atomic E-state index is 13.5. The second-order valence-electron chi connectivity index (χ2n) is 6.63. The number of guanidine groups is 1. The lowest BCUT2D eigenvalue weighted by atomic mass is 10.1. The lowest BCUT2D eigenvalue weighted by Crippen LogP contribution is -2.38. The first-order chi connectivity index (χ1) is 13.2. The number of ether oxygens (including phenoxy) is 2. The molecule has 1 aliphatic rings. The van der Waals surface area contributed by atoms with E-state index in [9.17, 15) is 4.39 Å². The molecule has 1 fully saturated rings. The zero-order valence-electron chi connectivity index (χ0n) is 16.4. The maximum Gasteiger partial charge on any atom is 0.191 e. The number of hydrogen-bond acceptors (Lipinski definition) is 4. The first-order valence-electron chi connectivity index (χ1n) is 9.66. The Balaban J connectivity index is 1.74. The first-order valence-corrected chi connectivity index (χ1v) is 11.1. The highest BCUT2D eigenvalue weighted by Gasteiger charge is 2.15. The van der Waals surface area contributed by atoms with Crippen LogP contribution < -0.4 is 10.6 Å². The molecular weight excluding hydrogens is 365 g/mol. The van der Waals surface area contributed by atoms with Gasteiger partial charge in [-0.2, -0.15) is 11.8 Å². The highest BCUT2D eigenvalue weighted by atomic mass is 32.2. The Kier molecular flexibility index (Phi) is 10.6. The van der Waals surface area contributed by atoms with E-state index in [1.807, 2.05) is 19.2 Å². The highest BCUT2D eigenvalue weighted by Crippen LogP contribution is 2.17. The van der Waals surface area contributed by atoms with Crippen LogP contribution in [0.25, 0.3) is 0 Å². The molecular formula is C20H32FN3O2S. The molecule has 27 heavy (non-hydrogen) atoms. The van der Waals surface area contributed by atoms with Crippen molar-refractivity contribution in [3.63, 3.8) is 0 Å². The number of aliphatic imine (C=N–C) groups is 1. The van der Waals surface area contributed by atoms with E-state index in [4.69, 9.17) is 9.47 Å². The van der Waals surface area contributed by atoms with Crippen LogP contribution >= 0.6 is 11.8 Å². The van der Waals surface area contributed by atoms with Gasteiger partial charge in [-0.15, -0.1) is 0 Å². The predicted octanol–water partition coefficient (Wildman–Crippen LogP) is 3.19. The number of hydrogen-bond donors (Lipinski definition) is 2. The SMILES string of the molecule is CCNC(=NCc1ccc(F)cc1CSC)NCCCOCC1CCOC1. The van der Waals surface area contributed by atoms with Gasteiger partial charge in [-0.3, -0.25) is 0 Å². The van der Waals surface area contributed by atoms with Gasteiger partial charge in [0.1, 0.15) is 5.82 Å². The van der Waals surface area contributed by atoms with Crippen LogP contribution in [0.2, 0.25) is 0 Å². The number of halogens is 1. The summed E-state index contributed by atoms with van der Waals surface area (Å²) in [5.74, 6) is 1.93. The van der Waals surface area contributed by atoms with Gasteiger partial charge in [0.25, 0.3) is 0 Å². The van der Waals surface area contributed by atoms with Crippen LogP contribution in [0, 0.1) is 11.7 Å². The Bertz CT molecular complexity index is 580. The fourth-order valence-electron chi connectivity index (χ4n) is 2.89. The number of rotatable bonds is 11. The lowest BCUT2D eigenvalue weighted by molar-refractivity contribution is 0.0888. The van der Waals surface area contributed by atoms with Gasteiger partial charge in [0, 0.05) is 38.0 Å². The Morgan fingerprint density at radius 1 is 1.37 bits per heavy atom. The third-order valence-corrected chi connectivity index (χ3v) is 4.96. The molecule has 1 aliphatic heterocycles. The summed E-state index contributed by atoms with van der Waals surface area (Å²) in [7, 11) is 0. The van der Waals surface area contributed by atoms with Gasteiger partial charge < -0.3 is 20.1 Å². The predicted molar refractivity (Wildman–Crippen MR) is 111 cm³/mol. The summed E-state index contributed by atoms with van der Waals surface area (Å²) in [6.07, 6.45) is 4.05. The molecule has 1 atom stereocenters. The highest BCUT2D eigenvalue weighted by molar-refractivity contribution is 7.97.